The number of nitrogens with two attached hydrogens (primary N) is 3. The highest BCUT2D eigenvalue weighted by Crippen LogP contribution is 2.20. The van der Waals surface area contributed by atoms with Crippen LogP contribution < -0.4 is 38.5 Å². The molecule has 4 atom stereocenters. The van der Waals surface area contributed by atoms with E-state index in [0.29, 0.717) is 12.1 Å². The lowest BCUT2D eigenvalue weighted by molar-refractivity contribution is -0.134. The number of benzene rings is 3. The van der Waals surface area contributed by atoms with Gasteiger partial charge in [0.1, 0.15) is 24.2 Å². The van der Waals surface area contributed by atoms with Gasteiger partial charge >= 0.3 is 0 Å². The van der Waals surface area contributed by atoms with Crippen LogP contribution in [0.5, 0.6) is 0 Å². The van der Waals surface area contributed by atoms with Crippen molar-refractivity contribution in [1.82, 2.24) is 31.2 Å². The van der Waals surface area contributed by atoms with Gasteiger partial charge in [0, 0.05) is 44.6 Å². The van der Waals surface area contributed by atoms with Gasteiger partial charge in [0.25, 0.3) is 0 Å². The van der Waals surface area contributed by atoms with Crippen molar-refractivity contribution in [2.45, 2.75) is 63.2 Å². The quantitative estimate of drug-likeness (QED) is 0.0401. The lowest BCUT2D eigenvalue weighted by atomic mass is 9.98. The molecule has 0 spiro atoms. The van der Waals surface area contributed by atoms with E-state index in [1.165, 1.54) is 19.4 Å². The van der Waals surface area contributed by atoms with E-state index in [9.17, 15) is 24.0 Å². The second-order valence-corrected chi connectivity index (χ2v) is 12.1. The molecule has 15 nitrogen and oxygen atoms in total. The molecule has 0 fully saturated rings. The smallest absolute Gasteiger partial charge is 0.243 e. The SMILES string of the molecule is CC(=O)N[C@@H](Cc1cnc[nH]1)C(=O)N[C@H](Cc1ccccc1)C(=O)N[C@@H](CCCN=C(N)N)C(=O)N[C@H](Cc1cccc2ccccc12)C(N)=O. The zero-order chi connectivity index (χ0) is 36.8. The Kier molecular flexibility index (Phi) is 13.6. The fourth-order valence-corrected chi connectivity index (χ4v) is 5.63. The van der Waals surface area contributed by atoms with Crippen molar-refractivity contribution in [2.24, 2.45) is 22.2 Å². The van der Waals surface area contributed by atoms with E-state index in [1.807, 2.05) is 48.5 Å². The number of primary amides is 1. The fraction of sp³-hybridized carbons (Fsp3) is 0.306. The van der Waals surface area contributed by atoms with Crippen LogP contribution in [-0.2, 0) is 43.2 Å². The predicted molar refractivity (Wildman–Crippen MR) is 193 cm³/mol. The van der Waals surface area contributed by atoms with Crippen LogP contribution in [0.25, 0.3) is 10.8 Å². The van der Waals surface area contributed by atoms with Crippen molar-refractivity contribution in [1.29, 1.82) is 0 Å². The third-order valence-electron chi connectivity index (χ3n) is 8.13. The van der Waals surface area contributed by atoms with Gasteiger partial charge in [-0.05, 0) is 34.7 Å². The number of amides is 5. The first kappa shape index (κ1) is 37.6. The number of aromatic nitrogens is 2. The Hall–Kier alpha value is -6.25. The molecule has 15 heteroatoms. The minimum absolute atomic E-state index is 0.0720. The predicted octanol–water partition coefficient (Wildman–Crippen LogP) is 0.0888. The first-order valence-electron chi connectivity index (χ1n) is 16.5. The fourth-order valence-electron chi connectivity index (χ4n) is 5.63. The molecular weight excluding hydrogens is 652 g/mol. The number of guanidine groups is 1. The van der Waals surface area contributed by atoms with Crippen molar-refractivity contribution in [3.05, 3.63) is 102 Å². The topological polar surface area (TPSA) is 253 Å². The van der Waals surface area contributed by atoms with E-state index in [4.69, 9.17) is 17.2 Å². The van der Waals surface area contributed by atoms with Crippen molar-refractivity contribution in [3.8, 4) is 0 Å². The van der Waals surface area contributed by atoms with E-state index in [1.54, 1.807) is 24.3 Å². The normalized spacial score (nSPS) is 13.2. The number of fused-ring (bicyclic) bond motifs is 1. The number of H-pyrrole nitrogens is 1. The second kappa shape index (κ2) is 18.5. The second-order valence-electron chi connectivity index (χ2n) is 12.1. The number of aliphatic imine (C=N–C) groups is 1. The van der Waals surface area contributed by atoms with E-state index in [-0.39, 0.29) is 38.2 Å². The van der Waals surface area contributed by atoms with Crippen LogP contribution in [0, 0.1) is 0 Å². The molecule has 268 valence electrons. The lowest BCUT2D eigenvalue weighted by Gasteiger charge is -2.26. The van der Waals surface area contributed by atoms with Gasteiger partial charge in [-0.3, -0.25) is 29.0 Å². The monoisotopic (exact) mass is 696 g/mol. The molecule has 3 aromatic carbocycles. The van der Waals surface area contributed by atoms with Gasteiger partial charge in [0.15, 0.2) is 5.96 Å². The molecule has 0 unspecified atom stereocenters. The van der Waals surface area contributed by atoms with Crippen LogP contribution in [0.4, 0.5) is 0 Å². The summed E-state index contributed by atoms with van der Waals surface area (Å²) in [4.78, 5) is 76.9. The number of aromatic amines is 1. The standard InChI is InChI=1S/C36H44N10O5/c1-22(47)43-31(19-26-20-40-21-42-26)35(51)46-30(17-23-9-3-2-4-10-23)34(50)44-28(15-8-16-41-36(38)39)33(49)45-29(32(37)48)18-25-13-7-12-24-11-5-6-14-27(24)25/h2-7,9-14,20-21,28-31H,8,15-19H2,1H3,(H2,37,48)(H,40,42)(H,43,47)(H,44,50)(H,45,49)(H,46,51)(H4,38,39,41)/t28-,29+,30+,31-/m0/s1. The van der Waals surface area contributed by atoms with E-state index in [0.717, 1.165) is 21.9 Å². The molecule has 0 aliphatic carbocycles. The molecule has 0 bridgehead atoms. The number of carbonyl (C=O) groups excluding carboxylic acids is 5. The summed E-state index contributed by atoms with van der Waals surface area (Å²) < 4.78 is 0. The maximum Gasteiger partial charge on any atom is 0.243 e. The summed E-state index contributed by atoms with van der Waals surface area (Å²) in [6, 6.07) is 17.9. The summed E-state index contributed by atoms with van der Waals surface area (Å²) >= 11 is 0. The first-order chi connectivity index (χ1) is 24.5. The van der Waals surface area contributed by atoms with E-state index in [2.05, 4.69) is 36.2 Å². The van der Waals surface area contributed by atoms with Crippen LogP contribution in [0.3, 0.4) is 0 Å². The van der Waals surface area contributed by atoms with Gasteiger partial charge in [-0.25, -0.2) is 4.98 Å². The maximum absolute atomic E-state index is 14.0. The van der Waals surface area contributed by atoms with Gasteiger partial charge in [-0.1, -0.05) is 72.8 Å². The Balaban J connectivity index is 1.56. The molecular formula is C36H44N10O5. The molecule has 0 radical (unpaired) electrons. The Morgan fingerprint density at radius 3 is 2.02 bits per heavy atom. The number of rotatable bonds is 18. The van der Waals surface area contributed by atoms with Crippen LogP contribution in [0.2, 0.25) is 0 Å². The highest BCUT2D eigenvalue weighted by atomic mass is 16.2. The average molecular weight is 697 g/mol. The third kappa shape index (κ3) is 11.7. The largest absolute Gasteiger partial charge is 0.370 e. The molecule has 1 heterocycles. The van der Waals surface area contributed by atoms with E-state index >= 15 is 0 Å². The summed E-state index contributed by atoms with van der Waals surface area (Å²) in [5.74, 6) is -3.26. The summed E-state index contributed by atoms with van der Waals surface area (Å²) in [5.41, 5.74) is 18.8. The number of nitrogens with one attached hydrogen (secondary N) is 5. The van der Waals surface area contributed by atoms with Crippen LogP contribution in [-0.4, -0.2) is 76.2 Å². The molecule has 51 heavy (non-hydrogen) atoms. The summed E-state index contributed by atoms with van der Waals surface area (Å²) in [6.45, 7) is 1.46. The summed E-state index contributed by atoms with van der Waals surface area (Å²) in [5, 5.41) is 12.7. The molecule has 0 saturated heterocycles. The van der Waals surface area contributed by atoms with Gasteiger partial charge in [-0.15, -0.1) is 0 Å². The van der Waals surface area contributed by atoms with Crippen molar-refractivity contribution in [2.75, 3.05) is 6.54 Å². The first-order valence-corrected chi connectivity index (χ1v) is 16.5. The van der Waals surface area contributed by atoms with Gasteiger partial charge in [0.05, 0.1) is 6.33 Å². The Bertz CT molecular complexity index is 1820. The van der Waals surface area contributed by atoms with Gasteiger partial charge < -0.3 is 43.5 Å². The van der Waals surface area contributed by atoms with Gasteiger partial charge in [0.2, 0.25) is 29.5 Å². The average Bonchev–Trinajstić information content (AvgIpc) is 3.62. The van der Waals surface area contributed by atoms with E-state index < -0.39 is 53.7 Å². The zero-order valence-corrected chi connectivity index (χ0v) is 28.3. The summed E-state index contributed by atoms with van der Waals surface area (Å²) in [6.07, 6.45) is 3.65. The Morgan fingerprint density at radius 2 is 1.35 bits per heavy atom. The molecule has 4 rings (SSSR count). The minimum atomic E-state index is -1.16. The Labute approximate surface area is 295 Å². The minimum Gasteiger partial charge on any atom is -0.370 e. The zero-order valence-electron chi connectivity index (χ0n) is 28.3. The van der Waals surface area contributed by atoms with Gasteiger partial charge in [-0.2, -0.15) is 0 Å². The Morgan fingerprint density at radius 1 is 0.725 bits per heavy atom. The molecule has 5 amide bonds. The van der Waals surface area contributed by atoms with Crippen LogP contribution >= 0.6 is 0 Å². The highest BCUT2D eigenvalue weighted by Gasteiger charge is 2.31. The van der Waals surface area contributed by atoms with Crippen molar-refractivity contribution < 1.29 is 24.0 Å². The highest BCUT2D eigenvalue weighted by molar-refractivity contribution is 5.96. The van der Waals surface area contributed by atoms with Crippen LogP contribution in [0.1, 0.15) is 36.6 Å². The molecule has 0 aliphatic heterocycles. The lowest BCUT2D eigenvalue weighted by Crippen LogP contribution is -2.59. The van der Waals surface area contributed by atoms with Crippen LogP contribution in [0.15, 0.2) is 90.3 Å². The summed E-state index contributed by atoms with van der Waals surface area (Å²) in [7, 11) is 0. The molecule has 11 N–H and O–H groups in total. The number of hydrogen-bond acceptors (Lipinski definition) is 7. The molecule has 1 aromatic heterocycles. The number of imidazole rings is 1. The molecule has 4 aromatic rings. The molecule has 0 aliphatic rings. The molecule has 0 saturated carbocycles. The number of carbonyl (C=O) groups is 5. The third-order valence-corrected chi connectivity index (χ3v) is 8.13. The van der Waals surface area contributed by atoms with Crippen molar-refractivity contribution in [3.63, 3.8) is 0 Å². The number of nitrogens with zero attached hydrogens (tertiary/aromatic N) is 2. The van der Waals surface area contributed by atoms with Crippen molar-refractivity contribution >= 4 is 46.3 Å². The maximum atomic E-state index is 14.0. The number of hydrogen-bond donors (Lipinski definition) is 8.